The first-order valence-electron chi connectivity index (χ1n) is 12.7. The van der Waals surface area contributed by atoms with Crippen molar-refractivity contribution >= 4 is 45.9 Å². The van der Waals surface area contributed by atoms with E-state index in [4.69, 9.17) is 17.3 Å². The van der Waals surface area contributed by atoms with Crippen LogP contribution >= 0.6 is 11.6 Å². The monoisotopic (exact) mass is 563 g/mol. The molecule has 12 heteroatoms. The van der Waals surface area contributed by atoms with Gasteiger partial charge in [-0.1, -0.05) is 29.8 Å². The average molecular weight is 564 g/mol. The Morgan fingerprint density at radius 1 is 1.12 bits per heavy atom. The molecule has 0 radical (unpaired) electrons. The minimum absolute atomic E-state index is 0.0280. The van der Waals surface area contributed by atoms with Crippen LogP contribution in [0.4, 0.5) is 10.1 Å². The first-order valence-corrected chi connectivity index (χ1v) is 13.1. The number of carbonyl (C=O) groups excluding carboxylic acids is 3. The molecule has 1 aliphatic rings. The van der Waals surface area contributed by atoms with Gasteiger partial charge < -0.3 is 21.3 Å². The Morgan fingerprint density at radius 2 is 1.95 bits per heavy atom. The number of anilines is 1. The van der Waals surface area contributed by atoms with Crippen LogP contribution in [0, 0.1) is 5.82 Å². The number of nitrogens with zero attached hydrogens (tertiary/aromatic N) is 4. The van der Waals surface area contributed by atoms with Gasteiger partial charge in [0.25, 0.3) is 5.91 Å². The van der Waals surface area contributed by atoms with Crippen molar-refractivity contribution in [3.8, 4) is 0 Å². The van der Waals surface area contributed by atoms with Crippen molar-refractivity contribution in [1.29, 1.82) is 0 Å². The number of hydrogen-bond acceptors (Lipinski definition) is 6. The number of primary amides is 1. The lowest BCUT2D eigenvalue weighted by atomic mass is 10.1. The van der Waals surface area contributed by atoms with Crippen LogP contribution < -0.4 is 16.4 Å². The molecule has 1 saturated carbocycles. The molecule has 4 aromatic rings. The summed E-state index contributed by atoms with van der Waals surface area (Å²) in [7, 11) is 0. The molecule has 0 saturated heterocycles. The van der Waals surface area contributed by atoms with Crippen LogP contribution in [0.3, 0.4) is 0 Å². The van der Waals surface area contributed by atoms with Crippen LogP contribution in [0.2, 0.25) is 5.02 Å². The van der Waals surface area contributed by atoms with Gasteiger partial charge in [-0.2, -0.15) is 5.10 Å². The zero-order valence-electron chi connectivity index (χ0n) is 21.4. The van der Waals surface area contributed by atoms with Gasteiger partial charge in [0.2, 0.25) is 11.8 Å². The van der Waals surface area contributed by atoms with Gasteiger partial charge in [-0.15, -0.1) is 0 Å². The number of carbonyl (C=O) groups is 3. The highest BCUT2D eigenvalue weighted by molar-refractivity contribution is 6.30. The maximum absolute atomic E-state index is 14.2. The second-order valence-corrected chi connectivity index (χ2v) is 9.97. The maximum Gasteiger partial charge on any atom is 0.269 e. The first-order chi connectivity index (χ1) is 19.3. The molecule has 0 atom stereocenters. The van der Waals surface area contributed by atoms with Crippen LogP contribution in [0.1, 0.15) is 34.5 Å². The van der Waals surface area contributed by atoms with Gasteiger partial charge in [0.15, 0.2) is 5.69 Å². The Bertz CT molecular complexity index is 1570. The molecule has 0 spiro atoms. The SMILES string of the molecule is NC(=O)c1nn(CC(=O)N(CC(=O)NCc2cccc(Cl)c2F)C2CC2)c2ccc(NCc3cccnc3)cc12. The highest BCUT2D eigenvalue weighted by Gasteiger charge is 2.34. The molecular weight excluding hydrogens is 537 g/mol. The number of halogens is 2. The number of hydrogen-bond donors (Lipinski definition) is 3. The number of aromatic nitrogens is 3. The normalized spacial score (nSPS) is 12.8. The Labute approximate surface area is 234 Å². The Kier molecular flexibility index (Phi) is 7.92. The van der Waals surface area contributed by atoms with Gasteiger partial charge in [-0.3, -0.25) is 24.0 Å². The number of pyridine rings is 1. The fourth-order valence-electron chi connectivity index (χ4n) is 4.41. The zero-order valence-corrected chi connectivity index (χ0v) is 22.2. The number of fused-ring (bicyclic) bond motifs is 1. The van der Waals surface area contributed by atoms with Gasteiger partial charge in [-0.05, 0) is 48.7 Å². The largest absolute Gasteiger partial charge is 0.381 e. The lowest BCUT2D eigenvalue weighted by molar-refractivity contribution is -0.137. The third-order valence-electron chi connectivity index (χ3n) is 6.62. The summed E-state index contributed by atoms with van der Waals surface area (Å²) in [5.41, 5.74) is 8.19. The molecule has 0 bridgehead atoms. The Hall–Kier alpha value is -4.51. The van der Waals surface area contributed by atoms with Gasteiger partial charge in [-0.25, -0.2) is 4.39 Å². The molecule has 0 unspecified atom stereocenters. The molecule has 3 amide bonds. The second-order valence-electron chi connectivity index (χ2n) is 9.56. The predicted molar refractivity (Wildman–Crippen MR) is 148 cm³/mol. The fraction of sp³-hybridized carbons (Fsp3) is 0.250. The maximum atomic E-state index is 14.2. The highest BCUT2D eigenvalue weighted by atomic mass is 35.5. The van der Waals surface area contributed by atoms with E-state index >= 15 is 0 Å². The molecule has 206 valence electrons. The quantitative estimate of drug-likeness (QED) is 0.256. The third-order valence-corrected chi connectivity index (χ3v) is 6.91. The average Bonchev–Trinajstić information content (AvgIpc) is 3.73. The van der Waals surface area contributed by atoms with Crippen molar-refractivity contribution in [3.05, 3.63) is 88.6 Å². The number of nitrogens with two attached hydrogens (primary N) is 1. The van der Waals surface area contributed by atoms with Gasteiger partial charge >= 0.3 is 0 Å². The van der Waals surface area contributed by atoms with Gasteiger partial charge in [0.1, 0.15) is 12.4 Å². The second kappa shape index (κ2) is 11.7. The fourth-order valence-corrected chi connectivity index (χ4v) is 4.61. The summed E-state index contributed by atoms with van der Waals surface area (Å²) < 4.78 is 15.6. The smallest absolute Gasteiger partial charge is 0.269 e. The topological polar surface area (TPSA) is 135 Å². The van der Waals surface area contributed by atoms with Crippen LogP contribution in [-0.4, -0.2) is 50.0 Å². The van der Waals surface area contributed by atoms with E-state index in [1.807, 2.05) is 18.2 Å². The molecule has 2 aromatic heterocycles. The van der Waals surface area contributed by atoms with Crippen molar-refractivity contribution in [3.63, 3.8) is 0 Å². The lowest BCUT2D eigenvalue weighted by Crippen LogP contribution is -2.43. The van der Waals surface area contributed by atoms with Crippen molar-refractivity contribution in [2.24, 2.45) is 5.73 Å². The number of nitrogens with one attached hydrogen (secondary N) is 2. The van der Waals surface area contributed by atoms with Gasteiger partial charge in [0, 0.05) is 48.2 Å². The molecule has 40 heavy (non-hydrogen) atoms. The van der Waals surface area contributed by atoms with E-state index in [1.165, 1.54) is 21.7 Å². The minimum Gasteiger partial charge on any atom is -0.381 e. The molecule has 5 rings (SSSR count). The molecule has 2 heterocycles. The summed E-state index contributed by atoms with van der Waals surface area (Å²) in [5.74, 6) is -2.06. The molecule has 2 aromatic carbocycles. The van der Waals surface area contributed by atoms with Crippen molar-refractivity contribution in [2.75, 3.05) is 11.9 Å². The summed E-state index contributed by atoms with van der Waals surface area (Å²) >= 11 is 5.81. The molecule has 1 fully saturated rings. The Morgan fingerprint density at radius 3 is 2.67 bits per heavy atom. The van der Waals surface area contributed by atoms with Crippen LogP contribution in [-0.2, 0) is 29.2 Å². The summed E-state index contributed by atoms with van der Waals surface area (Å²) in [6.45, 7) is 0.107. The lowest BCUT2D eigenvalue weighted by Gasteiger charge is -2.22. The van der Waals surface area contributed by atoms with Gasteiger partial charge in [0.05, 0.1) is 17.1 Å². The third kappa shape index (κ3) is 6.20. The van der Waals surface area contributed by atoms with Crippen molar-refractivity contribution in [2.45, 2.75) is 38.5 Å². The van der Waals surface area contributed by atoms with Crippen LogP contribution in [0.25, 0.3) is 10.9 Å². The summed E-state index contributed by atoms with van der Waals surface area (Å²) in [6, 6.07) is 13.6. The Balaban J connectivity index is 1.28. The van der Waals surface area contributed by atoms with E-state index in [0.717, 1.165) is 24.1 Å². The van der Waals surface area contributed by atoms with Crippen molar-refractivity contribution in [1.82, 2.24) is 25.0 Å². The standard InChI is InChI=1S/C28H27ClFN7O3/c29-22-5-1-4-18(26(22)30)14-34-24(38)15-36(20-7-8-20)25(39)16-37-23-9-6-19(11-21(23)27(35-37)28(31)40)33-13-17-3-2-10-32-12-17/h1-6,9-12,20,33H,7-8,13-16H2,(H2,31,40)(H,34,38). The summed E-state index contributed by atoms with van der Waals surface area (Å²) in [4.78, 5) is 43.8. The summed E-state index contributed by atoms with van der Waals surface area (Å²) in [5, 5.41) is 10.7. The van der Waals surface area contributed by atoms with E-state index in [9.17, 15) is 18.8 Å². The summed E-state index contributed by atoms with van der Waals surface area (Å²) in [6.07, 6.45) is 5.01. The number of rotatable bonds is 11. The van der Waals surface area contributed by atoms with E-state index in [2.05, 4.69) is 20.7 Å². The van der Waals surface area contributed by atoms with E-state index in [-0.39, 0.29) is 47.9 Å². The molecule has 4 N–H and O–H groups in total. The van der Waals surface area contributed by atoms with E-state index < -0.39 is 17.6 Å². The number of benzene rings is 2. The van der Waals surface area contributed by atoms with E-state index in [1.54, 1.807) is 30.6 Å². The molecular formula is C28H27ClFN7O3. The van der Waals surface area contributed by atoms with Crippen LogP contribution in [0.5, 0.6) is 0 Å². The molecule has 10 nitrogen and oxygen atoms in total. The molecule has 1 aliphatic carbocycles. The first kappa shape index (κ1) is 27.1. The predicted octanol–water partition coefficient (Wildman–Crippen LogP) is 3.24. The number of amides is 3. The zero-order chi connectivity index (χ0) is 28.2. The minimum atomic E-state index is -0.715. The van der Waals surface area contributed by atoms with E-state index in [0.29, 0.717) is 17.4 Å². The highest BCUT2D eigenvalue weighted by Crippen LogP contribution is 2.28. The molecule has 0 aliphatic heterocycles. The van der Waals surface area contributed by atoms with Crippen molar-refractivity contribution < 1.29 is 18.8 Å². The van der Waals surface area contributed by atoms with Crippen LogP contribution in [0.15, 0.2) is 60.9 Å².